The van der Waals surface area contributed by atoms with E-state index in [1.165, 1.54) is 0 Å². The Morgan fingerprint density at radius 3 is 2.60 bits per heavy atom. The van der Waals surface area contributed by atoms with E-state index in [0.29, 0.717) is 10.6 Å². The van der Waals surface area contributed by atoms with Crippen LogP contribution in [0.15, 0.2) is 77.8 Å². The molecule has 3 aromatic rings. The zero-order valence-corrected chi connectivity index (χ0v) is 17.1. The van der Waals surface area contributed by atoms with Crippen molar-refractivity contribution in [2.45, 2.75) is 6.92 Å². The van der Waals surface area contributed by atoms with Gasteiger partial charge in [-0.1, -0.05) is 30.3 Å². The highest BCUT2D eigenvalue weighted by atomic mass is 32.2. The molecule has 2 aromatic carbocycles. The average molecular weight is 417 g/mol. The fourth-order valence-corrected chi connectivity index (χ4v) is 4.00. The largest absolute Gasteiger partial charge is 0.325 e. The van der Waals surface area contributed by atoms with Crippen molar-refractivity contribution in [2.75, 3.05) is 11.9 Å². The Morgan fingerprint density at radius 2 is 1.83 bits per heavy atom. The standard InChI is InChI=1S/C23H19N3O3S/c1-16-7-5-8-17(13-16)24-21(27)15-26-22(28)20(30-23(26)29)14-19-11-6-12-25(19)18-9-3-2-4-10-18/h2-14H,15H2,1H3,(H,24,27)/b20-14-. The molecule has 30 heavy (non-hydrogen) atoms. The third-order valence-electron chi connectivity index (χ3n) is 4.57. The number of para-hydroxylation sites is 1. The van der Waals surface area contributed by atoms with Crippen LogP contribution in [0.4, 0.5) is 10.5 Å². The number of thioether (sulfide) groups is 1. The molecule has 0 aliphatic carbocycles. The molecule has 0 saturated carbocycles. The second-order valence-corrected chi connectivity index (χ2v) is 7.82. The van der Waals surface area contributed by atoms with Crippen LogP contribution < -0.4 is 5.32 Å². The summed E-state index contributed by atoms with van der Waals surface area (Å²) < 4.78 is 1.93. The maximum absolute atomic E-state index is 12.8. The molecule has 1 N–H and O–H groups in total. The van der Waals surface area contributed by atoms with Gasteiger partial charge in [0.15, 0.2) is 0 Å². The molecular weight excluding hydrogens is 398 g/mol. The summed E-state index contributed by atoms with van der Waals surface area (Å²) in [6.45, 7) is 1.60. The number of carbonyl (C=O) groups excluding carboxylic acids is 3. The molecule has 0 radical (unpaired) electrons. The van der Waals surface area contributed by atoms with Gasteiger partial charge in [0.2, 0.25) is 5.91 Å². The Kier molecular flexibility index (Phi) is 5.54. The van der Waals surface area contributed by atoms with Crippen molar-refractivity contribution in [3.05, 3.63) is 89.1 Å². The molecule has 1 aromatic heterocycles. The summed E-state index contributed by atoms with van der Waals surface area (Å²) in [5.74, 6) is -0.887. The summed E-state index contributed by atoms with van der Waals surface area (Å²) in [5, 5.41) is 2.27. The van der Waals surface area contributed by atoms with Crippen LogP contribution in [0.5, 0.6) is 0 Å². The zero-order valence-electron chi connectivity index (χ0n) is 16.2. The molecule has 0 atom stereocenters. The number of amides is 3. The highest BCUT2D eigenvalue weighted by Gasteiger charge is 2.36. The monoisotopic (exact) mass is 417 g/mol. The minimum Gasteiger partial charge on any atom is -0.325 e. The maximum Gasteiger partial charge on any atom is 0.294 e. The van der Waals surface area contributed by atoms with Crippen molar-refractivity contribution >= 4 is 40.6 Å². The first kappa shape index (κ1) is 19.7. The summed E-state index contributed by atoms with van der Waals surface area (Å²) in [7, 11) is 0. The number of aromatic nitrogens is 1. The Bertz CT molecular complexity index is 1150. The fraction of sp³-hybridized carbons (Fsp3) is 0.0870. The number of hydrogen-bond acceptors (Lipinski definition) is 4. The van der Waals surface area contributed by atoms with Crippen molar-refractivity contribution in [1.82, 2.24) is 9.47 Å². The first-order valence-corrected chi connectivity index (χ1v) is 10.2. The van der Waals surface area contributed by atoms with Gasteiger partial charge < -0.3 is 9.88 Å². The van der Waals surface area contributed by atoms with Crippen molar-refractivity contribution < 1.29 is 14.4 Å². The average Bonchev–Trinajstić information content (AvgIpc) is 3.29. The molecule has 1 saturated heterocycles. The normalized spacial score (nSPS) is 15.1. The van der Waals surface area contributed by atoms with E-state index < -0.39 is 17.1 Å². The molecule has 150 valence electrons. The first-order chi connectivity index (χ1) is 14.5. The molecule has 0 bridgehead atoms. The van der Waals surface area contributed by atoms with Crippen LogP contribution in [0.3, 0.4) is 0 Å². The van der Waals surface area contributed by atoms with Crippen LogP contribution >= 0.6 is 11.8 Å². The molecule has 0 spiro atoms. The number of rotatable bonds is 5. The lowest BCUT2D eigenvalue weighted by Crippen LogP contribution is -2.36. The molecule has 4 rings (SSSR count). The first-order valence-electron chi connectivity index (χ1n) is 9.36. The number of imide groups is 1. The quantitative estimate of drug-likeness (QED) is 0.622. The Balaban J connectivity index is 1.49. The van der Waals surface area contributed by atoms with Gasteiger partial charge in [-0.05, 0) is 66.7 Å². The van der Waals surface area contributed by atoms with E-state index in [1.807, 2.05) is 78.4 Å². The van der Waals surface area contributed by atoms with Crippen LogP contribution in [0.25, 0.3) is 11.8 Å². The molecule has 3 amide bonds. The van der Waals surface area contributed by atoms with Gasteiger partial charge in [0, 0.05) is 23.3 Å². The lowest BCUT2D eigenvalue weighted by Gasteiger charge is -2.12. The molecule has 6 nitrogen and oxygen atoms in total. The number of anilines is 1. The van der Waals surface area contributed by atoms with E-state index in [9.17, 15) is 14.4 Å². The van der Waals surface area contributed by atoms with E-state index >= 15 is 0 Å². The van der Waals surface area contributed by atoms with Crippen molar-refractivity contribution in [3.63, 3.8) is 0 Å². The number of hydrogen-bond donors (Lipinski definition) is 1. The lowest BCUT2D eigenvalue weighted by molar-refractivity contribution is -0.127. The molecule has 2 heterocycles. The second-order valence-electron chi connectivity index (χ2n) is 6.82. The highest BCUT2D eigenvalue weighted by molar-refractivity contribution is 8.18. The fourth-order valence-electron chi connectivity index (χ4n) is 3.17. The number of aryl methyl sites for hydroxylation is 1. The number of nitrogens with zero attached hydrogens (tertiary/aromatic N) is 2. The van der Waals surface area contributed by atoms with Gasteiger partial charge in [0.1, 0.15) is 6.54 Å². The lowest BCUT2D eigenvalue weighted by atomic mass is 10.2. The summed E-state index contributed by atoms with van der Waals surface area (Å²) in [4.78, 5) is 38.7. The summed E-state index contributed by atoms with van der Waals surface area (Å²) in [5.41, 5.74) is 3.35. The van der Waals surface area contributed by atoms with Crippen molar-refractivity contribution in [3.8, 4) is 5.69 Å². The highest BCUT2D eigenvalue weighted by Crippen LogP contribution is 2.32. The summed E-state index contributed by atoms with van der Waals surface area (Å²) in [6, 6.07) is 20.8. The van der Waals surface area contributed by atoms with E-state index in [0.717, 1.165) is 33.6 Å². The van der Waals surface area contributed by atoms with Crippen LogP contribution in [0.1, 0.15) is 11.3 Å². The minimum atomic E-state index is -0.467. The SMILES string of the molecule is Cc1cccc(NC(=O)CN2C(=O)S/C(=C\c3cccn3-c3ccccc3)C2=O)c1. The van der Waals surface area contributed by atoms with Crippen molar-refractivity contribution in [1.29, 1.82) is 0 Å². The second kappa shape index (κ2) is 8.42. The van der Waals surface area contributed by atoms with Gasteiger partial charge in [0.05, 0.1) is 4.91 Å². The van der Waals surface area contributed by atoms with Crippen LogP contribution in [-0.4, -0.2) is 33.1 Å². The van der Waals surface area contributed by atoms with Gasteiger partial charge >= 0.3 is 0 Å². The maximum atomic E-state index is 12.8. The Labute approximate surface area is 178 Å². The number of carbonyl (C=O) groups is 3. The van der Waals surface area contributed by atoms with Gasteiger partial charge in [-0.15, -0.1) is 0 Å². The molecule has 1 fully saturated rings. The van der Waals surface area contributed by atoms with Crippen LogP contribution in [0, 0.1) is 6.92 Å². The summed E-state index contributed by atoms with van der Waals surface area (Å²) >= 11 is 0.840. The third kappa shape index (κ3) is 4.21. The van der Waals surface area contributed by atoms with E-state index in [2.05, 4.69) is 5.32 Å². The molecule has 1 aliphatic rings. The predicted molar refractivity (Wildman–Crippen MR) is 118 cm³/mol. The van der Waals surface area contributed by atoms with Gasteiger partial charge in [-0.2, -0.15) is 0 Å². The third-order valence-corrected chi connectivity index (χ3v) is 5.48. The predicted octanol–water partition coefficient (Wildman–Crippen LogP) is 4.46. The summed E-state index contributed by atoms with van der Waals surface area (Å²) in [6.07, 6.45) is 3.57. The Hall–Kier alpha value is -3.58. The topological polar surface area (TPSA) is 71.4 Å². The van der Waals surface area contributed by atoms with Gasteiger partial charge in [0.25, 0.3) is 11.1 Å². The number of nitrogens with one attached hydrogen (secondary N) is 1. The molecule has 7 heteroatoms. The van der Waals surface area contributed by atoms with E-state index in [1.54, 1.807) is 12.1 Å². The van der Waals surface area contributed by atoms with Crippen LogP contribution in [0.2, 0.25) is 0 Å². The van der Waals surface area contributed by atoms with Crippen molar-refractivity contribution in [2.24, 2.45) is 0 Å². The van der Waals surface area contributed by atoms with E-state index in [-0.39, 0.29) is 6.54 Å². The molecule has 0 unspecified atom stereocenters. The molecule has 1 aliphatic heterocycles. The number of benzene rings is 2. The van der Waals surface area contributed by atoms with Gasteiger partial charge in [-0.3, -0.25) is 19.3 Å². The Morgan fingerprint density at radius 1 is 1.03 bits per heavy atom. The van der Waals surface area contributed by atoms with E-state index in [4.69, 9.17) is 0 Å². The minimum absolute atomic E-state index is 0.291. The van der Waals surface area contributed by atoms with Crippen LogP contribution in [-0.2, 0) is 9.59 Å². The zero-order chi connectivity index (χ0) is 21.1. The smallest absolute Gasteiger partial charge is 0.294 e. The molecular formula is C23H19N3O3S. The van der Waals surface area contributed by atoms with Gasteiger partial charge in [-0.25, -0.2) is 0 Å².